The SMILES string of the molecule is C/C(=C/c1ccccc1)c1cnccc1-c1ccccc1. The quantitative estimate of drug-likeness (QED) is 0.629. The largest absolute Gasteiger partial charge is 0.264 e. The molecular weight excluding hydrogens is 254 g/mol. The van der Waals surface area contributed by atoms with E-state index in [0.717, 1.165) is 0 Å². The van der Waals surface area contributed by atoms with E-state index in [9.17, 15) is 0 Å². The topological polar surface area (TPSA) is 12.9 Å². The summed E-state index contributed by atoms with van der Waals surface area (Å²) in [6, 6.07) is 22.9. The molecule has 0 aliphatic heterocycles. The van der Waals surface area contributed by atoms with E-state index in [1.165, 1.54) is 27.8 Å². The predicted octanol–water partition coefficient (Wildman–Crippen LogP) is 5.31. The number of rotatable bonds is 3. The first-order valence-corrected chi connectivity index (χ1v) is 7.08. The van der Waals surface area contributed by atoms with Crippen LogP contribution in [0, 0.1) is 0 Å². The lowest BCUT2D eigenvalue weighted by Crippen LogP contribution is -1.89. The van der Waals surface area contributed by atoms with Crippen LogP contribution in [-0.4, -0.2) is 4.98 Å². The normalized spacial score (nSPS) is 11.4. The van der Waals surface area contributed by atoms with Gasteiger partial charge < -0.3 is 0 Å². The molecule has 3 aromatic rings. The third-order valence-corrected chi connectivity index (χ3v) is 3.51. The molecule has 21 heavy (non-hydrogen) atoms. The van der Waals surface area contributed by atoms with E-state index in [1.54, 1.807) is 0 Å². The Morgan fingerprint density at radius 2 is 1.52 bits per heavy atom. The second kappa shape index (κ2) is 6.19. The summed E-state index contributed by atoms with van der Waals surface area (Å²) in [7, 11) is 0. The number of nitrogens with zero attached hydrogens (tertiary/aromatic N) is 1. The van der Waals surface area contributed by atoms with E-state index in [-0.39, 0.29) is 0 Å². The van der Waals surface area contributed by atoms with Crippen molar-refractivity contribution in [1.82, 2.24) is 4.98 Å². The van der Waals surface area contributed by atoms with Crippen LogP contribution in [0.2, 0.25) is 0 Å². The first kappa shape index (κ1) is 13.3. The van der Waals surface area contributed by atoms with Gasteiger partial charge in [0.25, 0.3) is 0 Å². The Bertz CT molecular complexity index is 743. The van der Waals surface area contributed by atoms with E-state index >= 15 is 0 Å². The summed E-state index contributed by atoms with van der Waals surface area (Å²) in [6.07, 6.45) is 5.99. The molecule has 0 atom stereocenters. The summed E-state index contributed by atoms with van der Waals surface area (Å²) in [5.41, 5.74) is 6.03. The fraction of sp³-hybridized carbons (Fsp3) is 0.0500. The molecule has 0 aliphatic rings. The summed E-state index contributed by atoms with van der Waals surface area (Å²) in [4.78, 5) is 4.29. The van der Waals surface area contributed by atoms with Crippen molar-refractivity contribution in [2.45, 2.75) is 6.92 Å². The van der Waals surface area contributed by atoms with Crippen molar-refractivity contribution < 1.29 is 0 Å². The van der Waals surface area contributed by atoms with Gasteiger partial charge in [-0.3, -0.25) is 4.98 Å². The van der Waals surface area contributed by atoms with E-state index in [2.05, 4.69) is 72.6 Å². The van der Waals surface area contributed by atoms with E-state index in [4.69, 9.17) is 0 Å². The average Bonchev–Trinajstić information content (AvgIpc) is 2.56. The van der Waals surface area contributed by atoms with E-state index in [1.807, 2.05) is 24.5 Å². The summed E-state index contributed by atoms with van der Waals surface area (Å²) < 4.78 is 0. The molecule has 1 heterocycles. The molecular formula is C20H17N. The molecule has 0 radical (unpaired) electrons. The highest BCUT2D eigenvalue weighted by molar-refractivity contribution is 5.87. The first-order chi connectivity index (χ1) is 10.3. The van der Waals surface area contributed by atoms with Crippen molar-refractivity contribution in [3.63, 3.8) is 0 Å². The van der Waals surface area contributed by atoms with Gasteiger partial charge in [0.05, 0.1) is 0 Å². The molecule has 0 aliphatic carbocycles. The third kappa shape index (κ3) is 3.09. The Morgan fingerprint density at radius 1 is 0.857 bits per heavy atom. The summed E-state index contributed by atoms with van der Waals surface area (Å²) in [5.74, 6) is 0. The minimum atomic E-state index is 1.17. The minimum absolute atomic E-state index is 1.17. The van der Waals surface area contributed by atoms with Crippen molar-refractivity contribution in [2.24, 2.45) is 0 Å². The molecule has 2 aromatic carbocycles. The Hall–Kier alpha value is -2.67. The highest BCUT2D eigenvalue weighted by Crippen LogP contribution is 2.28. The second-order valence-electron chi connectivity index (χ2n) is 5.03. The monoisotopic (exact) mass is 271 g/mol. The fourth-order valence-electron chi connectivity index (χ4n) is 2.46. The van der Waals surface area contributed by atoms with E-state index in [0.29, 0.717) is 0 Å². The zero-order valence-corrected chi connectivity index (χ0v) is 12.0. The van der Waals surface area contributed by atoms with Crippen LogP contribution < -0.4 is 0 Å². The highest BCUT2D eigenvalue weighted by Gasteiger charge is 2.06. The van der Waals surface area contributed by atoms with Gasteiger partial charge in [0.1, 0.15) is 0 Å². The lowest BCUT2D eigenvalue weighted by molar-refractivity contribution is 1.31. The Labute approximate surface area is 125 Å². The Balaban J connectivity index is 2.05. The van der Waals surface area contributed by atoms with Crippen LogP contribution >= 0.6 is 0 Å². The predicted molar refractivity (Wildman–Crippen MR) is 89.7 cm³/mol. The summed E-state index contributed by atoms with van der Waals surface area (Å²) >= 11 is 0. The molecule has 0 fully saturated rings. The summed E-state index contributed by atoms with van der Waals surface area (Å²) in [5, 5.41) is 0. The molecule has 1 nitrogen and oxygen atoms in total. The van der Waals surface area contributed by atoms with Crippen LogP contribution in [-0.2, 0) is 0 Å². The second-order valence-corrected chi connectivity index (χ2v) is 5.03. The van der Waals surface area contributed by atoms with Crippen molar-refractivity contribution in [1.29, 1.82) is 0 Å². The molecule has 1 heteroatoms. The molecule has 3 rings (SSSR count). The number of pyridine rings is 1. The number of allylic oxidation sites excluding steroid dienone is 1. The van der Waals surface area contributed by atoms with Gasteiger partial charge in [-0.1, -0.05) is 66.7 Å². The number of benzene rings is 2. The van der Waals surface area contributed by atoms with Crippen molar-refractivity contribution in [2.75, 3.05) is 0 Å². The van der Waals surface area contributed by atoms with Gasteiger partial charge >= 0.3 is 0 Å². The van der Waals surface area contributed by atoms with Crippen LogP contribution in [0.4, 0.5) is 0 Å². The number of aromatic nitrogens is 1. The van der Waals surface area contributed by atoms with Gasteiger partial charge in [-0.25, -0.2) is 0 Å². The van der Waals surface area contributed by atoms with Gasteiger partial charge in [-0.05, 0) is 35.3 Å². The molecule has 0 N–H and O–H groups in total. The van der Waals surface area contributed by atoms with E-state index < -0.39 is 0 Å². The zero-order valence-electron chi connectivity index (χ0n) is 12.0. The highest BCUT2D eigenvalue weighted by atomic mass is 14.6. The fourth-order valence-corrected chi connectivity index (χ4v) is 2.46. The summed E-state index contributed by atoms with van der Waals surface area (Å²) in [6.45, 7) is 2.14. The molecule has 0 saturated carbocycles. The standard InChI is InChI=1S/C20H17N/c1-16(14-17-8-4-2-5-9-17)20-15-21-13-12-19(20)18-10-6-3-7-11-18/h2-15H,1H3/b16-14-. The maximum Gasteiger partial charge on any atom is 0.0349 e. The van der Waals surface area contributed by atoms with Crippen LogP contribution in [0.25, 0.3) is 22.8 Å². The minimum Gasteiger partial charge on any atom is -0.264 e. The maximum absolute atomic E-state index is 4.29. The van der Waals surface area contributed by atoms with Gasteiger partial charge in [-0.2, -0.15) is 0 Å². The average molecular weight is 271 g/mol. The smallest absolute Gasteiger partial charge is 0.0349 e. The molecule has 1 aromatic heterocycles. The van der Waals surface area contributed by atoms with Crippen molar-refractivity contribution >= 4 is 11.6 Å². The van der Waals surface area contributed by atoms with Crippen LogP contribution in [0.15, 0.2) is 79.1 Å². The first-order valence-electron chi connectivity index (χ1n) is 7.08. The molecule has 0 amide bonds. The Kier molecular flexibility index (Phi) is 3.92. The molecule has 0 spiro atoms. The third-order valence-electron chi connectivity index (χ3n) is 3.51. The molecule has 0 bridgehead atoms. The van der Waals surface area contributed by atoms with Crippen LogP contribution in [0.3, 0.4) is 0 Å². The lowest BCUT2D eigenvalue weighted by atomic mass is 9.96. The zero-order chi connectivity index (χ0) is 14.5. The van der Waals surface area contributed by atoms with Gasteiger partial charge in [-0.15, -0.1) is 0 Å². The van der Waals surface area contributed by atoms with Crippen molar-refractivity contribution in [3.8, 4) is 11.1 Å². The lowest BCUT2D eigenvalue weighted by Gasteiger charge is -2.10. The van der Waals surface area contributed by atoms with Crippen LogP contribution in [0.1, 0.15) is 18.1 Å². The Morgan fingerprint density at radius 3 is 2.24 bits per heavy atom. The number of hydrogen-bond donors (Lipinski definition) is 0. The molecule has 0 unspecified atom stereocenters. The van der Waals surface area contributed by atoms with Gasteiger partial charge in [0.2, 0.25) is 0 Å². The van der Waals surface area contributed by atoms with Crippen LogP contribution in [0.5, 0.6) is 0 Å². The van der Waals surface area contributed by atoms with Gasteiger partial charge in [0.15, 0.2) is 0 Å². The maximum atomic E-state index is 4.29. The molecule has 102 valence electrons. The molecule has 0 saturated heterocycles. The van der Waals surface area contributed by atoms with Gasteiger partial charge in [0, 0.05) is 18.0 Å². The van der Waals surface area contributed by atoms with Crippen molar-refractivity contribution in [3.05, 3.63) is 90.3 Å². The number of hydrogen-bond acceptors (Lipinski definition) is 1.